The fraction of sp³-hybridized carbons (Fsp3) is 0.400. The van der Waals surface area contributed by atoms with Gasteiger partial charge in [0.2, 0.25) is 17.6 Å². The van der Waals surface area contributed by atoms with Crippen molar-refractivity contribution in [3.8, 4) is 11.4 Å². The molecular formula is C15H17BrN6O2. The normalized spacial score (nSPS) is 14.0. The van der Waals surface area contributed by atoms with Gasteiger partial charge < -0.3 is 10.2 Å². The number of likely N-dealkylation sites (tertiary alicyclic amines) is 1. The average molecular weight is 393 g/mol. The van der Waals surface area contributed by atoms with Crippen LogP contribution < -0.4 is 5.32 Å². The summed E-state index contributed by atoms with van der Waals surface area (Å²) in [4.78, 5) is 26.8. The molecule has 1 aliphatic heterocycles. The predicted octanol–water partition coefficient (Wildman–Crippen LogP) is 0.841. The summed E-state index contributed by atoms with van der Waals surface area (Å²) in [6, 6.07) is 7.49. The molecule has 1 fully saturated rings. The van der Waals surface area contributed by atoms with Crippen LogP contribution in [0.3, 0.4) is 0 Å². The number of tetrazole rings is 1. The van der Waals surface area contributed by atoms with Crippen molar-refractivity contribution in [1.82, 2.24) is 30.4 Å². The van der Waals surface area contributed by atoms with Crippen LogP contribution >= 0.6 is 15.9 Å². The second-order valence-corrected chi connectivity index (χ2v) is 6.43. The number of nitrogens with zero attached hydrogens (tertiary/aromatic N) is 5. The van der Waals surface area contributed by atoms with Gasteiger partial charge >= 0.3 is 0 Å². The monoisotopic (exact) mass is 392 g/mol. The first-order valence-corrected chi connectivity index (χ1v) is 8.49. The van der Waals surface area contributed by atoms with Gasteiger partial charge in [-0.15, -0.1) is 10.2 Å². The Labute approximate surface area is 147 Å². The van der Waals surface area contributed by atoms with Gasteiger partial charge in [0.15, 0.2) is 0 Å². The number of hydrogen-bond donors (Lipinski definition) is 1. The standard InChI is InChI=1S/C15H17BrN6O2/c16-12-5-3-11(4-6-12)15-18-20-22(19-15)10-13(23)17-9-14(24)21-7-1-2-8-21/h3-6H,1-2,7-10H2,(H,17,23). The van der Waals surface area contributed by atoms with Crippen molar-refractivity contribution in [3.63, 3.8) is 0 Å². The van der Waals surface area contributed by atoms with E-state index in [0.29, 0.717) is 5.82 Å². The van der Waals surface area contributed by atoms with Crippen LogP contribution in [0.1, 0.15) is 12.8 Å². The number of amides is 2. The summed E-state index contributed by atoms with van der Waals surface area (Å²) >= 11 is 3.36. The molecule has 8 nitrogen and oxygen atoms in total. The Morgan fingerprint density at radius 3 is 2.58 bits per heavy atom. The van der Waals surface area contributed by atoms with Crippen LogP contribution in [-0.4, -0.2) is 56.6 Å². The first-order chi connectivity index (χ1) is 11.6. The van der Waals surface area contributed by atoms with Gasteiger partial charge in [0.1, 0.15) is 6.54 Å². The summed E-state index contributed by atoms with van der Waals surface area (Å²) in [5, 5.41) is 14.6. The Morgan fingerprint density at radius 1 is 1.17 bits per heavy atom. The van der Waals surface area contributed by atoms with Gasteiger partial charge in [-0.2, -0.15) is 4.80 Å². The number of halogens is 1. The number of hydrogen-bond acceptors (Lipinski definition) is 5. The minimum atomic E-state index is -0.317. The van der Waals surface area contributed by atoms with E-state index in [4.69, 9.17) is 0 Å². The first kappa shape index (κ1) is 16.6. The van der Waals surface area contributed by atoms with Crippen molar-refractivity contribution in [2.75, 3.05) is 19.6 Å². The molecule has 1 N–H and O–H groups in total. The van der Waals surface area contributed by atoms with E-state index in [0.717, 1.165) is 36.0 Å². The molecule has 1 aliphatic rings. The predicted molar refractivity (Wildman–Crippen MR) is 89.8 cm³/mol. The molecule has 0 saturated carbocycles. The topological polar surface area (TPSA) is 93.0 Å². The molecule has 2 heterocycles. The molecule has 9 heteroatoms. The Bertz CT molecular complexity index is 724. The fourth-order valence-electron chi connectivity index (χ4n) is 2.46. The van der Waals surface area contributed by atoms with Crippen molar-refractivity contribution in [3.05, 3.63) is 28.7 Å². The zero-order chi connectivity index (χ0) is 16.9. The van der Waals surface area contributed by atoms with E-state index < -0.39 is 0 Å². The molecule has 2 amide bonds. The molecule has 126 valence electrons. The highest BCUT2D eigenvalue weighted by Gasteiger charge is 2.18. The molecule has 0 aliphatic carbocycles. The second-order valence-electron chi connectivity index (χ2n) is 5.51. The molecule has 1 aromatic carbocycles. The van der Waals surface area contributed by atoms with E-state index >= 15 is 0 Å². The largest absolute Gasteiger partial charge is 0.345 e. The van der Waals surface area contributed by atoms with Crippen LogP contribution in [-0.2, 0) is 16.1 Å². The minimum Gasteiger partial charge on any atom is -0.345 e. The molecule has 0 radical (unpaired) electrons. The summed E-state index contributed by atoms with van der Waals surface area (Å²) in [5.74, 6) is 0.0775. The zero-order valence-electron chi connectivity index (χ0n) is 13.0. The maximum Gasteiger partial charge on any atom is 0.244 e. The summed E-state index contributed by atoms with van der Waals surface area (Å²) in [7, 11) is 0. The molecule has 0 unspecified atom stereocenters. The quantitative estimate of drug-likeness (QED) is 0.813. The lowest BCUT2D eigenvalue weighted by atomic mass is 10.2. The van der Waals surface area contributed by atoms with Crippen LogP contribution in [0.15, 0.2) is 28.7 Å². The summed E-state index contributed by atoms with van der Waals surface area (Å²) in [6.07, 6.45) is 2.06. The van der Waals surface area contributed by atoms with Gasteiger partial charge in [0.25, 0.3) is 0 Å². The molecule has 2 aromatic rings. The number of carbonyl (C=O) groups is 2. The smallest absolute Gasteiger partial charge is 0.244 e. The van der Waals surface area contributed by atoms with Crippen LogP contribution in [0.25, 0.3) is 11.4 Å². The van der Waals surface area contributed by atoms with E-state index in [2.05, 4.69) is 36.7 Å². The van der Waals surface area contributed by atoms with E-state index in [1.165, 1.54) is 4.80 Å². The van der Waals surface area contributed by atoms with Crippen LogP contribution in [0.5, 0.6) is 0 Å². The highest BCUT2D eigenvalue weighted by Crippen LogP contribution is 2.17. The minimum absolute atomic E-state index is 0.00704. The van der Waals surface area contributed by atoms with Crippen molar-refractivity contribution >= 4 is 27.7 Å². The van der Waals surface area contributed by atoms with Gasteiger partial charge in [-0.1, -0.05) is 15.9 Å². The molecule has 3 rings (SSSR count). The number of benzene rings is 1. The summed E-state index contributed by atoms with van der Waals surface area (Å²) < 4.78 is 0.959. The molecule has 1 saturated heterocycles. The van der Waals surface area contributed by atoms with Gasteiger partial charge in [-0.25, -0.2) is 0 Å². The lowest BCUT2D eigenvalue weighted by Gasteiger charge is -2.15. The maximum absolute atomic E-state index is 11.9. The van der Waals surface area contributed by atoms with Gasteiger partial charge in [-0.05, 0) is 42.3 Å². The highest BCUT2D eigenvalue weighted by molar-refractivity contribution is 9.10. The Balaban J connectivity index is 1.51. The van der Waals surface area contributed by atoms with Crippen molar-refractivity contribution in [2.24, 2.45) is 0 Å². The summed E-state index contributed by atoms with van der Waals surface area (Å²) in [5.41, 5.74) is 0.814. The van der Waals surface area contributed by atoms with Crippen LogP contribution in [0.2, 0.25) is 0 Å². The molecule has 1 aromatic heterocycles. The lowest BCUT2D eigenvalue weighted by molar-refractivity contribution is -0.132. The highest BCUT2D eigenvalue weighted by atomic mass is 79.9. The van der Waals surface area contributed by atoms with Crippen LogP contribution in [0.4, 0.5) is 0 Å². The maximum atomic E-state index is 11.9. The van der Waals surface area contributed by atoms with Crippen molar-refractivity contribution < 1.29 is 9.59 Å². The van der Waals surface area contributed by atoms with Gasteiger partial charge in [0.05, 0.1) is 6.54 Å². The average Bonchev–Trinajstić information content (AvgIpc) is 3.25. The molecule has 0 spiro atoms. The number of rotatable bonds is 5. The first-order valence-electron chi connectivity index (χ1n) is 7.70. The van der Waals surface area contributed by atoms with E-state index in [1.54, 1.807) is 4.90 Å². The molecular weight excluding hydrogens is 376 g/mol. The Kier molecular flexibility index (Phi) is 5.19. The fourth-order valence-corrected chi connectivity index (χ4v) is 2.73. The molecule has 24 heavy (non-hydrogen) atoms. The third-order valence-electron chi connectivity index (χ3n) is 3.74. The number of nitrogens with one attached hydrogen (secondary N) is 1. The van der Waals surface area contributed by atoms with E-state index in [9.17, 15) is 9.59 Å². The Morgan fingerprint density at radius 2 is 1.88 bits per heavy atom. The molecule has 0 atom stereocenters. The van der Waals surface area contributed by atoms with Crippen molar-refractivity contribution in [2.45, 2.75) is 19.4 Å². The molecule has 0 bridgehead atoms. The van der Waals surface area contributed by atoms with E-state index in [1.807, 2.05) is 24.3 Å². The number of aromatic nitrogens is 4. The Hall–Kier alpha value is -2.29. The SMILES string of the molecule is O=C(Cn1nnc(-c2ccc(Br)cc2)n1)NCC(=O)N1CCCC1. The zero-order valence-corrected chi connectivity index (χ0v) is 14.6. The summed E-state index contributed by atoms with van der Waals surface area (Å²) in [6.45, 7) is 1.48. The van der Waals surface area contributed by atoms with Gasteiger partial charge in [0, 0.05) is 23.1 Å². The van der Waals surface area contributed by atoms with E-state index in [-0.39, 0.29) is 24.9 Å². The third kappa shape index (κ3) is 4.16. The number of carbonyl (C=O) groups excluding carboxylic acids is 2. The van der Waals surface area contributed by atoms with Gasteiger partial charge in [-0.3, -0.25) is 9.59 Å². The van der Waals surface area contributed by atoms with Crippen molar-refractivity contribution in [1.29, 1.82) is 0 Å². The lowest BCUT2D eigenvalue weighted by Crippen LogP contribution is -2.40. The second kappa shape index (κ2) is 7.52. The third-order valence-corrected chi connectivity index (χ3v) is 4.26. The van der Waals surface area contributed by atoms with Crippen LogP contribution in [0, 0.1) is 0 Å².